The minimum Gasteiger partial charge on any atom is -0.451 e. The molecule has 0 saturated heterocycles. The van der Waals surface area contributed by atoms with Crippen molar-refractivity contribution >= 4 is 5.97 Å². The maximum Gasteiger partial charge on any atom is 0.323 e. The SMILES string of the molecule is C#CCOC(=O)C(N)CC. The van der Waals surface area contributed by atoms with Crippen molar-refractivity contribution in [3.63, 3.8) is 0 Å². The van der Waals surface area contributed by atoms with Crippen LogP contribution >= 0.6 is 0 Å². The van der Waals surface area contributed by atoms with Crippen LogP contribution in [-0.4, -0.2) is 18.6 Å². The molecular weight excluding hydrogens is 130 g/mol. The number of hydrogen-bond acceptors (Lipinski definition) is 3. The van der Waals surface area contributed by atoms with Crippen molar-refractivity contribution in [3.8, 4) is 12.3 Å². The quantitative estimate of drug-likeness (QED) is 0.441. The van der Waals surface area contributed by atoms with E-state index in [4.69, 9.17) is 12.2 Å². The van der Waals surface area contributed by atoms with Gasteiger partial charge in [0.1, 0.15) is 6.04 Å². The van der Waals surface area contributed by atoms with Crippen molar-refractivity contribution in [2.45, 2.75) is 19.4 Å². The standard InChI is InChI=1S/C7H11NO2/c1-3-5-10-7(9)6(8)4-2/h1,6H,4-5,8H2,2H3. The smallest absolute Gasteiger partial charge is 0.323 e. The summed E-state index contributed by atoms with van der Waals surface area (Å²) in [4.78, 5) is 10.7. The molecule has 0 aliphatic carbocycles. The molecule has 0 amide bonds. The molecule has 0 aromatic carbocycles. The van der Waals surface area contributed by atoms with Crippen molar-refractivity contribution in [2.75, 3.05) is 6.61 Å². The summed E-state index contributed by atoms with van der Waals surface area (Å²) in [5.74, 6) is 1.75. The van der Waals surface area contributed by atoms with Crippen molar-refractivity contribution in [1.29, 1.82) is 0 Å². The third-order valence-electron chi connectivity index (χ3n) is 1.04. The van der Waals surface area contributed by atoms with Crippen LogP contribution in [0.3, 0.4) is 0 Å². The Bertz CT molecular complexity index is 148. The minimum absolute atomic E-state index is 0.00648. The van der Waals surface area contributed by atoms with E-state index in [1.165, 1.54) is 0 Å². The molecule has 10 heavy (non-hydrogen) atoms. The molecule has 1 unspecified atom stereocenters. The highest BCUT2D eigenvalue weighted by molar-refractivity contribution is 5.75. The van der Waals surface area contributed by atoms with Gasteiger partial charge in [-0.15, -0.1) is 6.42 Å². The van der Waals surface area contributed by atoms with Gasteiger partial charge in [-0.05, 0) is 6.42 Å². The van der Waals surface area contributed by atoms with Gasteiger partial charge in [0.15, 0.2) is 6.61 Å². The second-order valence-corrected chi connectivity index (χ2v) is 1.83. The molecule has 0 spiro atoms. The molecule has 0 aromatic heterocycles. The number of ether oxygens (including phenoxy) is 1. The molecule has 3 heteroatoms. The van der Waals surface area contributed by atoms with Gasteiger partial charge in [-0.25, -0.2) is 0 Å². The van der Waals surface area contributed by atoms with E-state index in [1.807, 2.05) is 6.92 Å². The normalized spacial score (nSPS) is 11.7. The molecule has 0 bridgehead atoms. The Morgan fingerprint density at radius 1 is 1.90 bits per heavy atom. The highest BCUT2D eigenvalue weighted by atomic mass is 16.5. The Hall–Kier alpha value is -1.01. The Labute approximate surface area is 60.5 Å². The highest BCUT2D eigenvalue weighted by Crippen LogP contribution is 1.89. The lowest BCUT2D eigenvalue weighted by atomic mass is 10.2. The molecule has 56 valence electrons. The van der Waals surface area contributed by atoms with E-state index in [1.54, 1.807) is 0 Å². The number of terminal acetylenes is 1. The molecule has 0 aromatic rings. The molecule has 0 aliphatic heterocycles. The van der Waals surface area contributed by atoms with Gasteiger partial charge < -0.3 is 10.5 Å². The average Bonchev–Trinajstić information content (AvgIpc) is 1.98. The highest BCUT2D eigenvalue weighted by Gasteiger charge is 2.10. The molecule has 1 atom stereocenters. The van der Waals surface area contributed by atoms with Gasteiger partial charge in [0, 0.05) is 0 Å². The van der Waals surface area contributed by atoms with Crippen LogP contribution in [0.15, 0.2) is 0 Å². The molecule has 2 N–H and O–H groups in total. The van der Waals surface area contributed by atoms with Crippen LogP contribution < -0.4 is 5.73 Å². The summed E-state index contributed by atoms with van der Waals surface area (Å²) in [6.45, 7) is 1.81. The molecule has 0 aliphatic rings. The maximum atomic E-state index is 10.7. The summed E-state index contributed by atoms with van der Waals surface area (Å²) in [6.07, 6.45) is 5.42. The van der Waals surface area contributed by atoms with Crippen LogP contribution in [0.2, 0.25) is 0 Å². The van der Waals surface area contributed by atoms with Gasteiger partial charge in [0.25, 0.3) is 0 Å². The zero-order valence-electron chi connectivity index (χ0n) is 5.96. The Balaban J connectivity index is 3.54. The topological polar surface area (TPSA) is 52.3 Å². The van der Waals surface area contributed by atoms with E-state index < -0.39 is 12.0 Å². The van der Waals surface area contributed by atoms with Gasteiger partial charge >= 0.3 is 5.97 Å². The van der Waals surface area contributed by atoms with E-state index in [0.29, 0.717) is 6.42 Å². The average molecular weight is 141 g/mol. The van der Waals surface area contributed by atoms with Crippen LogP contribution in [0.5, 0.6) is 0 Å². The van der Waals surface area contributed by atoms with E-state index in [0.717, 1.165) is 0 Å². The second-order valence-electron chi connectivity index (χ2n) is 1.83. The Kier molecular flexibility index (Phi) is 4.34. The number of hydrogen-bond donors (Lipinski definition) is 1. The summed E-state index contributed by atoms with van der Waals surface area (Å²) in [7, 11) is 0. The van der Waals surface area contributed by atoms with Crippen molar-refractivity contribution in [2.24, 2.45) is 5.73 Å². The lowest BCUT2D eigenvalue weighted by molar-refractivity contribution is -0.143. The van der Waals surface area contributed by atoms with Crippen LogP contribution in [0, 0.1) is 12.3 Å². The van der Waals surface area contributed by atoms with E-state index in [-0.39, 0.29) is 6.61 Å². The minimum atomic E-state index is -0.534. The Morgan fingerprint density at radius 2 is 2.50 bits per heavy atom. The number of rotatable bonds is 3. The predicted octanol–water partition coefficient (Wildman–Crippen LogP) is -0.0999. The molecule has 0 rings (SSSR count). The molecular formula is C7H11NO2. The van der Waals surface area contributed by atoms with Gasteiger partial charge in [0.2, 0.25) is 0 Å². The maximum absolute atomic E-state index is 10.7. The molecule has 0 heterocycles. The molecule has 0 fully saturated rings. The van der Waals surface area contributed by atoms with E-state index in [2.05, 4.69) is 10.7 Å². The number of esters is 1. The molecule has 0 radical (unpaired) electrons. The van der Waals surface area contributed by atoms with Crippen molar-refractivity contribution < 1.29 is 9.53 Å². The van der Waals surface area contributed by atoms with E-state index in [9.17, 15) is 4.79 Å². The summed E-state index contributed by atoms with van der Waals surface area (Å²) < 4.78 is 4.54. The lowest BCUT2D eigenvalue weighted by Gasteiger charge is -2.05. The summed E-state index contributed by atoms with van der Waals surface area (Å²) >= 11 is 0. The van der Waals surface area contributed by atoms with Crippen LogP contribution in [0.1, 0.15) is 13.3 Å². The fraction of sp³-hybridized carbons (Fsp3) is 0.571. The largest absolute Gasteiger partial charge is 0.451 e. The monoisotopic (exact) mass is 141 g/mol. The Morgan fingerprint density at radius 3 is 2.90 bits per heavy atom. The predicted molar refractivity (Wildman–Crippen MR) is 38.1 cm³/mol. The number of nitrogens with two attached hydrogens (primary N) is 1. The first-order valence-corrected chi connectivity index (χ1v) is 3.08. The fourth-order valence-electron chi connectivity index (χ4n) is 0.387. The van der Waals surface area contributed by atoms with Crippen LogP contribution in [0.25, 0.3) is 0 Å². The van der Waals surface area contributed by atoms with Crippen LogP contribution in [-0.2, 0) is 9.53 Å². The van der Waals surface area contributed by atoms with Gasteiger partial charge in [0.05, 0.1) is 0 Å². The first kappa shape index (κ1) is 8.99. The zero-order chi connectivity index (χ0) is 7.98. The number of carbonyl (C=O) groups is 1. The zero-order valence-corrected chi connectivity index (χ0v) is 5.96. The summed E-state index contributed by atoms with van der Waals surface area (Å²) in [5.41, 5.74) is 5.31. The van der Waals surface area contributed by atoms with E-state index >= 15 is 0 Å². The number of carbonyl (C=O) groups excluding carboxylic acids is 1. The first-order chi connectivity index (χ1) is 4.72. The summed E-state index contributed by atoms with van der Waals surface area (Å²) in [5, 5.41) is 0. The van der Waals surface area contributed by atoms with Crippen molar-refractivity contribution in [3.05, 3.63) is 0 Å². The third kappa shape index (κ3) is 3.10. The lowest BCUT2D eigenvalue weighted by Crippen LogP contribution is -2.31. The van der Waals surface area contributed by atoms with Crippen molar-refractivity contribution in [1.82, 2.24) is 0 Å². The van der Waals surface area contributed by atoms with Gasteiger partial charge in [-0.3, -0.25) is 4.79 Å². The van der Waals surface area contributed by atoms with Crippen LogP contribution in [0.4, 0.5) is 0 Å². The first-order valence-electron chi connectivity index (χ1n) is 3.08. The fourth-order valence-corrected chi connectivity index (χ4v) is 0.387. The van der Waals surface area contributed by atoms with Gasteiger partial charge in [-0.1, -0.05) is 12.8 Å². The third-order valence-corrected chi connectivity index (χ3v) is 1.04. The van der Waals surface area contributed by atoms with Gasteiger partial charge in [-0.2, -0.15) is 0 Å². The second kappa shape index (κ2) is 4.83. The summed E-state index contributed by atoms with van der Waals surface area (Å²) in [6, 6.07) is -0.534. The molecule has 3 nitrogen and oxygen atoms in total. The molecule has 0 saturated carbocycles.